The second kappa shape index (κ2) is 5.27. The fourth-order valence-corrected chi connectivity index (χ4v) is 2.27. The van der Waals surface area contributed by atoms with Crippen molar-refractivity contribution in [2.75, 3.05) is 18.5 Å². The van der Waals surface area contributed by atoms with Gasteiger partial charge < -0.3 is 10.1 Å². The maximum Gasteiger partial charge on any atom is 0.146 e. The molecule has 1 N–H and O–H groups in total. The smallest absolute Gasteiger partial charge is 0.146 e. The van der Waals surface area contributed by atoms with Crippen molar-refractivity contribution in [2.45, 2.75) is 59.8 Å². The summed E-state index contributed by atoms with van der Waals surface area (Å²) in [5, 5.41) is 3.46. The summed E-state index contributed by atoms with van der Waals surface area (Å²) in [6.45, 7) is 15.0. The Morgan fingerprint density at radius 1 is 1.20 bits per heavy atom. The van der Waals surface area contributed by atoms with Crippen LogP contribution in [0.1, 0.15) is 59.4 Å². The fraction of sp³-hybridized carbons (Fsp3) is 0.706. The van der Waals surface area contributed by atoms with Crippen molar-refractivity contribution in [1.29, 1.82) is 0 Å². The molecule has 3 heteroatoms. The molecule has 0 amide bonds. The van der Waals surface area contributed by atoms with Crippen LogP contribution in [0.2, 0.25) is 0 Å². The number of nitrogens with zero attached hydrogens (tertiary/aromatic N) is 1. The summed E-state index contributed by atoms with van der Waals surface area (Å²) < 4.78 is 5.83. The minimum absolute atomic E-state index is 0.0479. The predicted octanol–water partition coefficient (Wildman–Crippen LogP) is 4.16. The molecule has 0 bridgehead atoms. The molecule has 1 aromatic rings. The third-order valence-corrected chi connectivity index (χ3v) is 3.60. The Morgan fingerprint density at radius 2 is 1.90 bits per heavy atom. The summed E-state index contributed by atoms with van der Waals surface area (Å²) in [6.07, 6.45) is 2.12. The fourth-order valence-electron chi connectivity index (χ4n) is 2.27. The molecule has 1 aromatic heterocycles. The lowest BCUT2D eigenvalue weighted by molar-refractivity contribution is 0.319. The van der Waals surface area contributed by atoms with Gasteiger partial charge in [0.15, 0.2) is 0 Å². The highest BCUT2D eigenvalue weighted by Crippen LogP contribution is 2.36. The van der Waals surface area contributed by atoms with Gasteiger partial charge in [-0.25, -0.2) is 0 Å². The molecule has 112 valence electrons. The molecule has 0 aliphatic carbocycles. The monoisotopic (exact) mass is 276 g/mol. The molecule has 0 radical (unpaired) electrons. The Labute approximate surface area is 123 Å². The largest absolute Gasteiger partial charge is 0.489 e. The molecule has 0 fully saturated rings. The van der Waals surface area contributed by atoms with E-state index in [-0.39, 0.29) is 5.41 Å². The van der Waals surface area contributed by atoms with Gasteiger partial charge in [-0.2, -0.15) is 0 Å². The Bertz CT molecular complexity index is 481. The third-order valence-electron chi connectivity index (χ3n) is 3.60. The van der Waals surface area contributed by atoms with Crippen LogP contribution in [0.4, 0.5) is 5.69 Å². The van der Waals surface area contributed by atoms with Crippen molar-refractivity contribution in [2.24, 2.45) is 5.41 Å². The van der Waals surface area contributed by atoms with Crippen molar-refractivity contribution in [3.8, 4) is 5.75 Å². The first-order chi connectivity index (χ1) is 9.17. The zero-order valence-electron chi connectivity index (χ0n) is 13.8. The highest BCUT2D eigenvalue weighted by molar-refractivity contribution is 5.62. The van der Waals surface area contributed by atoms with E-state index in [2.05, 4.69) is 52.9 Å². The van der Waals surface area contributed by atoms with E-state index in [4.69, 9.17) is 9.72 Å². The minimum Gasteiger partial charge on any atom is -0.489 e. The summed E-state index contributed by atoms with van der Waals surface area (Å²) in [5.74, 6) is 0.972. The molecule has 3 nitrogen and oxygen atoms in total. The van der Waals surface area contributed by atoms with E-state index >= 15 is 0 Å². The normalized spacial score (nSPS) is 15.3. The van der Waals surface area contributed by atoms with E-state index in [9.17, 15) is 0 Å². The summed E-state index contributed by atoms with van der Waals surface area (Å²) in [6, 6.07) is 2.10. The molecular weight excluding hydrogens is 248 g/mol. The average molecular weight is 276 g/mol. The Kier molecular flexibility index (Phi) is 3.99. The molecule has 2 heterocycles. The number of hydrogen-bond acceptors (Lipinski definition) is 3. The topological polar surface area (TPSA) is 34.2 Å². The first-order valence-electron chi connectivity index (χ1n) is 7.58. The molecule has 0 aromatic carbocycles. The summed E-state index contributed by atoms with van der Waals surface area (Å²) in [4.78, 5) is 4.92. The van der Waals surface area contributed by atoms with Gasteiger partial charge in [-0.3, -0.25) is 4.98 Å². The number of aryl methyl sites for hydroxylation is 1. The zero-order chi connectivity index (χ0) is 15.0. The van der Waals surface area contributed by atoms with Gasteiger partial charge in [-0.15, -0.1) is 0 Å². The highest BCUT2D eigenvalue weighted by atomic mass is 16.5. The van der Waals surface area contributed by atoms with Gasteiger partial charge in [0.2, 0.25) is 0 Å². The Hall–Kier alpha value is -1.25. The second-order valence-electron chi connectivity index (χ2n) is 7.91. The van der Waals surface area contributed by atoms with Crippen molar-refractivity contribution >= 4 is 5.69 Å². The Balaban J connectivity index is 2.37. The number of aromatic nitrogens is 1. The number of pyridine rings is 1. The van der Waals surface area contributed by atoms with Crippen LogP contribution in [0.15, 0.2) is 6.07 Å². The quantitative estimate of drug-likeness (QED) is 0.880. The molecule has 1 aliphatic heterocycles. The van der Waals surface area contributed by atoms with Gasteiger partial charge in [0.25, 0.3) is 0 Å². The Morgan fingerprint density at radius 3 is 2.50 bits per heavy atom. The minimum atomic E-state index is 0.0479. The summed E-state index contributed by atoms with van der Waals surface area (Å²) >= 11 is 0. The van der Waals surface area contributed by atoms with Gasteiger partial charge in [0, 0.05) is 23.7 Å². The molecule has 2 rings (SSSR count). The number of anilines is 1. The number of rotatable bonds is 2. The van der Waals surface area contributed by atoms with E-state index in [0.717, 1.165) is 48.8 Å². The molecule has 0 saturated carbocycles. The van der Waals surface area contributed by atoms with Crippen LogP contribution >= 0.6 is 0 Å². The standard InChI is InChI=1S/C17H28N2O/c1-16(2,3)8-7-12-15-13(20-10-9-18-15)11-14(19-12)17(4,5)6/h11,18H,7-10H2,1-6H3. The van der Waals surface area contributed by atoms with Crippen LogP contribution in [-0.2, 0) is 11.8 Å². The molecule has 0 unspecified atom stereocenters. The van der Waals surface area contributed by atoms with Gasteiger partial charge in [0.05, 0.1) is 11.4 Å². The number of ether oxygens (including phenoxy) is 1. The van der Waals surface area contributed by atoms with Crippen LogP contribution < -0.4 is 10.1 Å². The van der Waals surface area contributed by atoms with Crippen molar-refractivity contribution < 1.29 is 4.74 Å². The maximum absolute atomic E-state index is 5.83. The van der Waals surface area contributed by atoms with E-state index in [1.165, 1.54) is 0 Å². The van der Waals surface area contributed by atoms with Gasteiger partial charge in [-0.05, 0) is 18.3 Å². The van der Waals surface area contributed by atoms with Gasteiger partial charge >= 0.3 is 0 Å². The lowest BCUT2D eigenvalue weighted by atomic mass is 9.88. The lowest BCUT2D eigenvalue weighted by Gasteiger charge is -2.27. The van der Waals surface area contributed by atoms with E-state index in [0.29, 0.717) is 5.41 Å². The van der Waals surface area contributed by atoms with Crippen LogP contribution in [-0.4, -0.2) is 18.1 Å². The third kappa shape index (κ3) is 3.65. The van der Waals surface area contributed by atoms with Gasteiger partial charge in [-0.1, -0.05) is 41.5 Å². The van der Waals surface area contributed by atoms with Crippen molar-refractivity contribution in [1.82, 2.24) is 4.98 Å². The first kappa shape index (κ1) is 15.1. The van der Waals surface area contributed by atoms with Gasteiger partial charge in [0.1, 0.15) is 12.4 Å². The lowest BCUT2D eigenvalue weighted by Crippen LogP contribution is -2.23. The first-order valence-corrected chi connectivity index (χ1v) is 7.58. The molecule has 0 spiro atoms. The summed E-state index contributed by atoms with van der Waals surface area (Å²) in [5.41, 5.74) is 3.74. The molecule has 1 aliphatic rings. The van der Waals surface area contributed by atoms with Crippen LogP contribution in [0, 0.1) is 5.41 Å². The van der Waals surface area contributed by atoms with Crippen molar-refractivity contribution in [3.05, 3.63) is 17.5 Å². The maximum atomic E-state index is 5.83. The molecular formula is C17H28N2O. The average Bonchev–Trinajstić information content (AvgIpc) is 2.33. The number of fused-ring (bicyclic) bond motifs is 1. The predicted molar refractivity (Wildman–Crippen MR) is 84.7 cm³/mol. The molecule has 20 heavy (non-hydrogen) atoms. The van der Waals surface area contributed by atoms with Crippen LogP contribution in [0.3, 0.4) is 0 Å². The number of hydrogen-bond donors (Lipinski definition) is 1. The zero-order valence-corrected chi connectivity index (χ0v) is 13.8. The SMILES string of the molecule is CC(C)(C)CCc1nc(C(C)(C)C)cc2c1NCCO2. The van der Waals surface area contributed by atoms with Crippen LogP contribution in [0.25, 0.3) is 0 Å². The van der Waals surface area contributed by atoms with E-state index in [1.807, 2.05) is 0 Å². The van der Waals surface area contributed by atoms with E-state index in [1.54, 1.807) is 0 Å². The molecule has 0 atom stereocenters. The van der Waals surface area contributed by atoms with E-state index < -0.39 is 0 Å². The summed E-state index contributed by atoms with van der Waals surface area (Å²) in [7, 11) is 0. The second-order valence-corrected chi connectivity index (χ2v) is 7.91. The van der Waals surface area contributed by atoms with Crippen LogP contribution in [0.5, 0.6) is 5.75 Å². The highest BCUT2D eigenvalue weighted by Gasteiger charge is 2.23. The van der Waals surface area contributed by atoms with Crippen molar-refractivity contribution in [3.63, 3.8) is 0 Å². The molecule has 0 saturated heterocycles. The number of nitrogens with one attached hydrogen (secondary N) is 1.